The van der Waals surface area contributed by atoms with Gasteiger partial charge in [-0.1, -0.05) is 0 Å². The predicted molar refractivity (Wildman–Crippen MR) is 45.7 cm³/mol. The van der Waals surface area contributed by atoms with E-state index in [4.69, 9.17) is 15.1 Å². The summed E-state index contributed by atoms with van der Waals surface area (Å²) in [6.07, 6.45) is -0.266. The van der Waals surface area contributed by atoms with Crippen LogP contribution in [0.3, 0.4) is 0 Å². The van der Waals surface area contributed by atoms with E-state index >= 15 is 0 Å². The van der Waals surface area contributed by atoms with Crippen LogP contribution < -0.4 is 5.32 Å². The van der Waals surface area contributed by atoms with Gasteiger partial charge in [-0.25, -0.2) is 0 Å². The van der Waals surface area contributed by atoms with Crippen LogP contribution in [-0.2, 0) is 9.53 Å². The average Bonchev–Trinajstić information content (AvgIpc) is 2.05. The van der Waals surface area contributed by atoms with E-state index in [-0.39, 0.29) is 18.9 Å². The van der Waals surface area contributed by atoms with Crippen molar-refractivity contribution in [1.82, 2.24) is 5.32 Å². The summed E-state index contributed by atoms with van der Waals surface area (Å²) in [5, 5.41) is 19.8. The number of ether oxygens (including phenoxy) is 1. The SMILES string of the molecule is COCC(O)CCNC(=O)CC#N. The number of hydrogen-bond acceptors (Lipinski definition) is 4. The van der Waals surface area contributed by atoms with E-state index in [1.54, 1.807) is 6.07 Å². The first-order valence-corrected chi connectivity index (χ1v) is 4.01. The van der Waals surface area contributed by atoms with E-state index in [1.165, 1.54) is 7.11 Å². The lowest BCUT2D eigenvalue weighted by atomic mass is 10.2. The minimum absolute atomic E-state index is 0.139. The van der Waals surface area contributed by atoms with Crippen molar-refractivity contribution >= 4 is 5.91 Å². The molecule has 74 valence electrons. The molecule has 0 spiro atoms. The summed E-state index contributed by atoms with van der Waals surface area (Å²) in [5.41, 5.74) is 0. The molecule has 0 aliphatic rings. The minimum Gasteiger partial charge on any atom is -0.391 e. The number of hydrogen-bond donors (Lipinski definition) is 2. The molecule has 0 aromatic carbocycles. The van der Waals surface area contributed by atoms with Crippen LogP contribution in [0, 0.1) is 11.3 Å². The Kier molecular flexibility index (Phi) is 6.88. The van der Waals surface area contributed by atoms with Crippen molar-refractivity contribution in [3.8, 4) is 6.07 Å². The molecule has 5 nitrogen and oxygen atoms in total. The van der Waals surface area contributed by atoms with Crippen molar-refractivity contribution in [3.63, 3.8) is 0 Å². The second kappa shape index (κ2) is 7.53. The van der Waals surface area contributed by atoms with Crippen LogP contribution in [0.4, 0.5) is 0 Å². The Bertz CT molecular complexity index is 188. The van der Waals surface area contributed by atoms with E-state index in [2.05, 4.69) is 5.32 Å². The quantitative estimate of drug-likeness (QED) is 0.581. The third-order valence-corrected chi connectivity index (χ3v) is 1.40. The van der Waals surface area contributed by atoms with E-state index in [9.17, 15) is 4.79 Å². The largest absolute Gasteiger partial charge is 0.391 e. The molecule has 0 saturated carbocycles. The molecule has 1 atom stereocenters. The van der Waals surface area contributed by atoms with Crippen LogP contribution in [0.2, 0.25) is 0 Å². The fraction of sp³-hybridized carbons (Fsp3) is 0.750. The maximum absolute atomic E-state index is 10.7. The number of aliphatic hydroxyl groups excluding tert-OH is 1. The molecule has 1 amide bonds. The fourth-order valence-electron chi connectivity index (χ4n) is 0.788. The summed E-state index contributed by atoms with van der Waals surface area (Å²) in [6, 6.07) is 1.73. The van der Waals surface area contributed by atoms with Gasteiger partial charge in [-0.3, -0.25) is 4.79 Å². The fourth-order valence-corrected chi connectivity index (χ4v) is 0.788. The Morgan fingerprint density at radius 2 is 2.46 bits per heavy atom. The lowest BCUT2D eigenvalue weighted by molar-refractivity contribution is -0.120. The van der Waals surface area contributed by atoms with Gasteiger partial charge >= 0.3 is 0 Å². The van der Waals surface area contributed by atoms with E-state index < -0.39 is 6.10 Å². The van der Waals surface area contributed by atoms with Crippen molar-refractivity contribution in [2.75, 3.05) is 20.3 Å². The zero-order valence-corrected chi connectivity index (χ0v) is 7.62. The lowest BCUT2D eigenvalue weighted by Crippen LogP contribution is -2.27. The Morgan fingerprint density at radius 3 is 3.00 bits per heavy atom. The molecule has 0 aromatic heterocycles. The zero-order chi connectivity index (χ0) is 10.1. The highest BCUT2D eigenvalue weighted by atomic mass is 16.5. The van der Waals surface area contributed by atoms with Crippen molar-refractivity contribution in [2.45, 2.75) is 18.9 Å². The van der Waals surface area contributed by atoms with Gasteiger partial charge < -0.3 is 15.2 Å². The Labute approximate surface area is 77.3 Å². The van der Waals surface area contributed by atoms with Crippen LogP contribution in [0.1, 0.15) is 12.8 Å². The van der Waals surface area contributed by atoms with Crippen molar-refractivity contribution in [3.05, 3.63) is 0 Å². The first-order chi connectivity index (χ1) is 6.20. The number of amides is 1. The lowest BCUT2D eigenvalue weighted by Gasteiger charge is -2.08. The first-order valence-electron chi connectivity index (χ1n) is 4.01. The Hall–Kier alpha value is -1.12. The summed E-state index contributed by atoms with van der Waals surface area (Å²) in [4.78, 5) is 10.7. The predicted octanol–water partition coefficient (Wildman–Crippen LogP) is -0.586. The highest BCUT2D eigenvalue weighted by Gasteiger charge is 2.04. The second-order valence-electron chi connectivity index (χ2n) is 2.58. The summed E-state index contributed by atoms with van der Waals surface area (Å²) < 4.78 is 4.69. The molecule has 5 heteroatoms. The van der Waals surface area contributed by atoms with Crippen LogP contribution in [0.25, 0.3) is 0 Å². The maximum Gasteiger partial charge on any atom is 0.234 e. The van der Waals surface area contributed by atoms with Crippen LogP contribution in [0.5, 0.6) is 0 Å². The van der Waals surface area contributed by atoms with E-state index in [0.717, 1.165) is 0 Å². The number of aliphatic hydroxyl groups is 1. The molecular weight excluding hydrogens is 172 g/mol. The molecule has 0 aliphatic carbocycles. The number of rotatable bonds is 6. The number of nitrogens with one attached hydrogen (secondary N) is 1. The maximum atomic E-state index is 10.7. The van der Waals surface area contributed by atoms with Gasteiger partial charge in [0.1, 0.15) is 6.42 Å². The number of carbonyl (C=O) groups is 1. The highest BCUT2D eigenvalue weighted by molar-refractivity contribution is 5.77. The number of carbonyl (C=O) groups excluding carboxylic acids is 1. The van der Waals surface area contributed by atoms with Gasteiger partial charge in [0, 0.05) is 13.7 Å². The van der Waals surface area contributed by atoms with Gasteiger partial charge in [-0.2, -0.15) is 5.26 Å². The molecule has 1 unspecified atom stereocenters. The second-order valence-corrected chi connectivity index (χ2v) is 2.58. The molecule has 2 N–H and O–H groups in total. The molecule has 0 bridgehead atoms. The van der Waals surface area contributed by atoms with Gasteiger partial charge in [0.25, 0.3) is 0 Å². The van der Waals surface area contributed by atoms with Crippen LogP contribution in [0.15, 0.2) is 0 Å². The van der Waals surface area contributed by atoms with Crippen LogP contribution >= 0.6 is 0 Å². The van der Waals surface area contributed by atoms with E-state index in [0.29, 0.717) is 13.0 Å². The topological polar surface area (TPSA) is 82.3 Å². The average molecular weight is 186 g/mol. The molecule has 0 radical (unpaired) electrons. The summed E-state index contributed by atoms with van der Waals surface area (Å²) in [7, 11) is 1.50. The third-order valence-electron chi connectivity index (χ3n) is 1.40. The monoisotopic (exact) mass is 186 g/mol. The van der Waals surface area contributed by atoms with Gasteiger partial charge in [0.05, 0.1) is 18.8 Å². The molecule has 0 saturated heterocycles. The van der Waals surface area contributed by atoms with Gasteiger partial charge in [0.2, 0.25) is 5.91 Å². The van der Waals surface area contributed by atoms with Gasteiger partial charge in [0.15, 0.2) is 0 Å². The molecular formula is C8H14N2O3. The smallest absolute Gasteiger partial charge is 0.234 e. The molecule has 0 heterocycles. The first kappa shape index (κ1) is 11.9. The van der Waals surface area contributed by atoms with Gasteiger partial charge in [-0.05, 0) is 6.42 Å². The highest BCUT2D eigenvalue weighted by Crippen LogP contribution is 1.90. The van der Waals surface area contributed by atoms with Gasteiger partial charge in [-0.15, -0.1) is 0 Å². The molecule has 0 rings (SSSR count). The number of nitrogens with zero attached hydrogens (tertiary/aromatic N) is 1. The van der Waals surface area contributed by atoms with Crippen LogP contribution in [-0.4, -0.2) is 37.4 Å². The molecule has 0 aliphatic heterocycles. The van der Waals surface area contributed by atoms with E-state index in [1.807, 2.05) is 0 Å². The summed E-state index contributed by atoms with van der Waals surface area (Å²) in [6.45, 7) is 0.624. The normalized spacial score (nSPS) is 11.8. The third kappa shape index (κ3) is 7.25. The van der Waals surface area contributed by atoms with Crippen molar-refractivity contribution < 1.29 is 14.6 Å². The zero-order valence-electron chi connectivity index (χ0n) is 7.62. The Morgan fingerprint density at radius 1 is 1.77 bits per heavy atom. The van der Waals surface area contributed by atoms with Crippen molar-refractivity contribution in [2.24, 2.45) is 0 Å². The summed E-state index contributed by atoms with van der Waals surface area (Å²) in [5.74, 6) is -0.313. The van der Waals surface area contributed by atoms with Crippen molar-refractivity contribution in [1.29, 1.82) is 5.26 Å². The molecule has 13 heavy (non-hydrogen) atoms. The molecule has 0 aromatic rings. The summed E-state index contributed by atoms with van der Waals surface area (Å²) >= 11 is 0. The number of methoxy groups -OCH3 is 1. The standard InChI is InChI=1S/C8H14N2O3/c1-13-6-7(11)3-5-10-8(12)2-4-9/h7,11H,2-3,5-6H2,1H3,(H,10,12). The number of nitriles is 1. The Balaban J connectivity index is 3.34. The molecule has 0 fully saturated rings. The minimum atomic E-state index is -0.563.